The van der Waals surface area contributed by atoms with Crippen molar-refractivity contribution in [3.63, 3.8) is 0 Å². The van der Waals surface area contributed by atoms with Crippen molar-refractivity contribution in [3.05, 3.63) is 53.2 Å². The van der Waals surface area contributed by atoms with Crippen LogP contribution < -0.4 is 10.5 Å². The van der Waals surface area contributed by atoms with Gasteiger partial charge in [-0.25, -0.2) is 13.8 Å². The Balaban J connectivity index is 1.76. The topological polar surface area (TPSA) is 68.5 Å². The highest BCUT2D eigenvalue weighted by atomic mass is 19.1. The van der Waals surface area contributed by atoms with Gasteiger partial charge in [0.15, 0.2) is 0 Å². The summed E-state index contributed by atoms with van der Waals surface area (Å²) >= 11 is 0. The minimum atomic E-state index is -0.562. The van der Waals surface area contributed by atoms with Gasteiger partial charge in [-0.1, -0.05) is 0 Å². The first-order chi connectivity index (χ1) is 14.0. The van der Waals surface area contributed by atoms with Gasteiger partial charge in [-0.05, 0) is 49.6 Å². The molecule has 2 aromatic carbocycles. The Labute approximate surface area is 166 Å². The third kappa shape index (κ3) is 2.57. The number of amides is 1. The van der Waals surface area contributed by atoms with Crippen LogP contribution in [-0.2, 0) is 6.54 Å². The van der Waals surface area contributed by atoms with Crippen molar-refractivity contribution >= 4 is 22.5 Å². The van der Waals surface area contributed by atoms with Crippen LogP contribution >= 0.6 is 0 Å². The Kier molecular flexibility index (Phi) is 3.94. The van der Waals surface area contributed by atoms with E-state index < -0.39 is 11.6 Å². The molecule has 1 aromatic heterocycles. The van der Waals surface area contributed by atoms with Gasteiger partial charge in [0.2, 0.25) is 0 Å². The van der Waals surface area contributed by atoms with Crippen LogP contribution in [0.5, 0.6) is 5.75 Å². The first-order valence-electron chi connectivity index (χ1n) is 9.55. The molecule has 0 spiro atoms. The quantitative estimate of drug-likeness (QED) is 0.719. The largest absolute Gasteiger partial charge is 0.496 e. The third-order valence-corrected chi connectivity index (χ3v) is 5.96. The monoisotopic (exact) mass is 395 g/mol. The lowest BCUT2D eigenvalue weighted by Gasteiger charge is -2.34. The second-order valence-electron chi connectivity index (χ2n) is 7.53. The molecule has 0 bridgehead atoms. The van der Waals surface area contributed by atoms with E-state index in [0.717, 1.165) is 19.3 Å². The molecule has 1 aliphatic carbocycles. The van der Waals surface area contributed by atoms with Crippen LogP contribution in [0.3, 0.4) is 0 Å². The van der Waals surface area contributed by atoms with Crippen molar-refractivity contribution in [2.45, 2.75) is 31.8 Å². The number of fused-ring (bicyclic) bond motifs is 2. The molecule has 1 amide bonds. The van der Waals surface area contributed by atoms with E-state index in [2.05, 4.69) is 4.98 Å². The van der Waals surface area contributed by atoms with E-state index in [9.17, 15) is 13.6 Å². The number of ether oxygens (including phenoxy) is 1. The average molecular weight is 395 g/mol. The molecule has 29 heavy (non-hydrogen) atoms. The van der Waals surface area contributed by atoms with Gasteiger partial charge in [0.05, 0.1) is 36.1 Å². The zero-order valence-corrected chi connectivity index (χ0v) is 15.8. The van der Waals surface area contributed by atoms with Gasteiger partial charge in [0.1, 0.15) is 17.4 Å². The standard InChI is InChI=1S/C22H19F2N3O2/c1-29-17-8-5-11(23)9-14(17)18-15(24)7-6-13-20(25)19-16(26-21(13)18)10-27(22(19)28)12-3-2-4-12/h5-9,12H,2-4,10H2,1H3,(H2,25,26). The maximum absolute atomic E-state index is 14.9. The number of methoxy groups -OCH3 is 1. The molecule has 1 saturated carbocycles. The zero-order chi connectivity index (χ0) is 20.3. The summed E-state index contributed by atoms with van der Waals surface area (Å²) in [5.41, 5.74) is 8.25. The zero-order valence-electron chi connectivity index (χ0n) is 15.8. The Morgan fingerprint density at radius 2 is 1.97 bits per heavy atom. The molecule has 3 aromatic rings. The second-order valence-corrected chi connectivity index (χ2v) is 7.53. The SMILES string of the molecule is COc1ccc(F)cc1-c1c(F)ccc2c(N)c3c(nc12)CN(C1CCC1)C3=O. The number of hydrogen-bond donors (Lipinski definition) is 1. The van der Waals surface area contributed by atoms with Gasteiger partial charge in [-0.3, -0.25) is 4.79 Å². The molecule has 0 saturated heterocycles. The Hall–Kier alpha value is -3.22. The van der Waals surface area contributed by atoms with Crippen molar-refractivity contribution in [1.29, 1.82) is 0 Å². The predicted octanol–water partition coefficient (Wildman–Crippen LogP) is 4.28. The van der Waals surface area contributed by atoms with E-state index in [-0.39, 0.29) is 28.8 Å². The normalized spacial score (nSPS) is 16.2. The van der Waals surface area contributed by atoms with Crippen molar-refractivity contribution < 1.29 is 18.3 Å². The van der Waals surface area contributed by atoms with Gasteiger partial charge < -0.3 is 15.4 Å². The van der Waals surface area contributed by atoms with Crippen LogP contribution in [0.2, 0.25) is 0 Å². The van der Waals surface area contributed by atoms with Crippen LogP contribution in [0.25, 0.3) is 22.0 Å². The van der Waals surface area contributed by atoms with Crippen molar-refractivity contribution in [2.24, 2.45) is 0 Å². The van der Waals surface area contributed by atoms with Gasteiger partial charge in [0, 0.05) is 22.6 Å². The predicted molar refractivity (Wildman–Crippen MR) is 106 cm³/mol. The molecule has 5 nitrogen and oxygen atoms in total. The summed E-state index contributed by atoms with van der Waals surface area (Å²) in [6, 6.07) is 6.89. The van der Waals surface area contributed by atoms with E-state index >= 15 is 0 Å². The van der Waals surface area contributed by atoms with Crippen LogP contribution in [0.4, 0.5) is 14.5 Å². The maximum atomic E-state index is 14.9. The molecule has 2 N–H and O–H groups in total. The van der Waals surface area contributed by atoms with Gasteiger partial charge >= 0.3 is 0 Å². The molecule has 2 heterocycles. The second kappa shape index (κ2) is 6.40. The number of halogens is 2. The molecule has 7 heteroatoms. The molecule has 0 atom stereocenters. The minimum Gasteiger partial charge on any atom is -0.496 e. The number of carbonyl (C=O) groups is 1. The number of anilines is 1. The third-order valence-electron chi connectivity index (χ3n) is 5.96. The molecule has 0 radical (unpaired) electrons. The minimum absolute atomic E-state index is 0.114. The fourth-order valence-electron chi connectivity index (χ4n) is 4.24. The number of aromatic nitrogens is 1. The average Bonchev–Trinajstić information content (AvgIpc) is 2.96. The highest BCUT2D eigenvalue weighted by Crippen LogP contribution is 2.42. The summed E-state index contributed by atoms with van der Waals surface area (Å²) in [6.07, 6.45) is 3.05. The van der Waals surface area contributed by atoms with Crippen LogP contribution in [0.1, 0.15) is 35.3 Å². The number of nitrogens with zero attached hydrogens (tertiary/aromatic N) is 2. The maximum Gasteiger partial charge on any atom is 0.258 e. The molecular formula is C22H19F2N3O2. The lowest BCUT2D eigenvalue weighted by molar-refractivity contribution is 0.0606. The van der Waals surface area contributed by atoms with Crippen LogP contribution in [0, 0.1) is 11.6 Å². The summed E-state index contributed by atoms with van der Waals surface area (Å²) in [4.78, 5) is 19.4. The van der Waals surface area contributed by atoms with Gasteiger partial charge in [0.25, 0.3) is 5.91 Å². The molecule has 2 aliphatic rings. The summed E-state index contributed by atoms with van der Waals surface area (Å²) in [6.45, 7) is 0.356. The molecule has 1 fully saturated rings. The molecule has 1 aliphatic heterocycles. The summed E-state index contributed by atoms with van der Waals surface area (Å²) in [7, 11) is 1.44. The Bertz CT molecular complexity index is 1170. The van der Waals surface area contributed by atoms with Crippen LogP contribution in [-0.4, -0.2) is 28.9 Å². The first-order valence-corrected chi connectivity index (χ1v) is 9.55. The number of carbonyl (C=O) groups excluding carboxylic acids is 1. The lowest BCUT2D eigenvalue weighted by Crippen LogP contribution is -2.40. The summed E-state index contributed by atoms with van der Waals surface area (Å²) in [5.74, 6) is -0.872. The number of rotatable bonds is 3. The van der Waals surface area contributed by atoms with Crippen molar-refractivity contribution in [2.75, 3.05) is 12.8 Å². The smallest absolute Gasteiger partial charge is 0.258 e. The fourth-order valence-corrected chi connectivity index (χ4v) is 4.24. The number of nitrogen functional groups attached to an aromatic ring is 1. The molecule has 0 unspecified atom stereocenters. The molecule has 148 valence electrons. The van der Waals surface area contributed by atoms with E-state index in [1.165, 1.54) is 37.4 Å². The number of pyridine rings is 1. The molecular weight excluding hydrogens is 376 g/mol. The highest BCUT2D eigenvalue weighted by Gasteiger charge is 2.38. The number of nitrogens with two attached hydrogens (primary N) is 1. The lowest BCUT2D eigenvalue weighted by atomic mass is 9.92. The van der Waals surface area contributed by atoms with Gasteiger partial charge in [-0.15, -0.1) is 0 Å². The number of benzene rings is 2. The first kappa shape index (κ1) is 17.8. The van der Waals surface area contributed by atoms with E-state index in [1.807, 2.05) is 0 Å². The number of hydrogen-bond acceptors (Lipinski definition) is 4. The summed E-state index contributed by atoms with van der Waals surface area (Å²) in [5, 5.41) is 0.468. The Morgan fingerprint density at radius 3 is 2.66 bits per heavy atom. The van der Waals surface area contributed by atoms with Crippen molar-refractivity contribution in [3.8, 4) is 16.9 Å². The Morgan fingerprint density at radius 1 is 1.17 bits per heavy atom. The highest BCUT2D eigenvalue weighted by molar-refractivity contribution is 6.11. The van der Waals surface area contributed by atoms with Gasteiger partial charge in [-0.2, -0.15) is 0 Å². The van der Waals surface area contributed by atoms with E-state index in [1.54, 1.807) is 4.90 Å². The van der Waals surface area contributed by atoms with Crippen molar-refractivity contribution in [1.82, 2.24) is 9.88 Å². The summed E-state index contributed by atoms with van der Waals surface area (Å²) < 4.78 is 34.2. The fraction of sp³-hybridized carbons (Fsp3) is 0.273. The van der Waals surface area contributed by atoms with E-state index in [4.69, 9.17) is 10.5 Å². The van der Waals surface area contributed by atoms with E-state index in [0.29, 0.717) is 34.5 Å². The molecule has 5 rings (SSSR count). The van der Waals surface area contributed by atoms with Crippen LogP contribution in [0.15, 0.2) is 30.3 Å².